The van der Waals surface area contributed by atoms with Gasteiger partial charge in [0, 0.05) is 0 Å². The predicted octanol–water partition coefficient (Wildman–Crippen LogP) is 8.13. The second kappa shape index (κ2) is 6.65. The molecule has 0 bridgehead atoms. The topological polar surface area (TPSA) is 0 Å². The molecule has 0 spiro atoms. The summed E-state index contributed by atoms with van der Waals surface area (Å²) >= 11 is 0. The summed E-state index contributed by atoms with van der Waals surface area (Å²) in [4.78, 5) is 4.10. The first-order valence-corrected chi connectivity index (χ1v) is 22.8. The molecular weight excluding hydrogens is 353 g/mol. The first-order valence-electron chi connectivity index (χ1n) is 9.75. The van der Waals surface area contributed by atoms with Gasteiger partial charge in [0.05, 0.1) is 32.3 Å². The van der Waals surface area contributed by atoms with Crippen LogP contribution in [-0.2, 0) is 0 Å². The second-order valence-electron chi connectivity index (χ2n) is 13.0. The molecule has 0 aliphatic rings. The fourth-order valence-electron chi connectivity index (χ4n) is 4.03. The van der Waals surface area contributed by atoms with E-state index in [4.69, 9.17) is 0 Å². The fourth-order valence-corrected chi connectivity index (χ4v) is 34.0. The van der Waals surface area contributed by atoms with Crippen LogP contribution in [0.2, 0.25) is 75.5 Å². The minimum Gasteiger partial charge on any atom is -0.0990 e. The summed E-state index contributed by atoms with van der Waals surface area (Å²) in [5.74, 6) is 0. The molecule has 0 aliphatic carbocycles. The highest BCUT2D eigenvalue weighted by atomic mass is 28.4. The number of hydrogen-bond acceptors (Lipinski definition) is 0. The van der Waals surface area contributed by atoms with Gasteiger partial charge in [-0.05, 0) is 10.1 Å². The van der Waals surface area contributed by atoms with Crippen LogP contribution in [0.1, 0.15) is 41.5 Å². The lowest BCUT2D eigenvalue weighted by Crippen LogP contribution is -2.58. The molecule has 24 heavy (non-hydrogen) atoms. The van der Waals surface area contributed by atoms with Crippen LogP contribution in [0.15, 0.2) is 9.64 Å². The molecule has 0 atom stereocenters. The van der Waals surface area contributed by atoms with Gasteiger partial charge in [-0.25, -0.2) is 0 Å². The second-order valence-corrected chi connectivity index (χ2v) is 34.5. The van der Waals surface area contributed by atoms with Crippen LogP contribution in [0.25, 0.3) is 0 Å². The Labute approximate surface area is 159 Å². The molecule has 4 heteroatoms. The van der Waals surface area contributed by atoms with E-state index < -0.39 is 32.3 Å². The standard InChI is InChI=1S/C20H48Si4/c1-19(2,3)23(13,14)18(24(15,16)20(4,5)6)17(21(7,8)9)22(10,11)12/h1-16H3. The Morgan fingerprint density at radius 1 is 0.417 bits per heavy atom. The Hall–Kier alpha value is 0.608. The van der Waals surface area contributed by atoms with Crippen molar-refractivity contribution < 1.29 is 0 Å². The van der Waals surface area contributed by atoms with Gasteiger partial charge in [0.15, 0.2) is 0 Å². The third-order valence-corrected chi connectivity index (χ3v) is 30.0. The highest BCUT2D eigenvalue weighted by Gasteiger charge is 2.53. The molecule has 0 aromatic rings. The van der Waals surface area contributed by atoms with Crippen molar-refractivity contribution in [2.24, 2.45) is 0 Å². The van der Waals surface area contributed by atoms with Crippen LogP contribution in [0.5, 0.6) is 0 Å². The maximum Gasteiger partial charge on any atom is 0.0755 e. The zero-order valence-corrected chi connectivity index (χ0v) is 24.0. The van der Waals surface area contributed by atoms with Crippen molar-refractivity contribution in [3.63, 3.8) is 0 Å². The van der Waals surface area contributed by atoms with Gasteiger partial charge in [-0.3, -0.25) is 0 Å². The minimum atomic E-state index is -1.55. The fraction of sp³-hybridized carbons (Fsp3) is 0.900. The van der Waals surface area contributed by atoms with Crippen LogP contribution in [0, 0.1) is 0 Å². The Morgan fingerprint density at radius 2 is 0.625 bits per heavy atom. The Bertz CT molecular complexity index is 440. The smallest absolute Gasteiger partial charge is 0.0755 e. The maximum absolute atomic E-state index is 2.68. The summed E-state index contributed by atoms with van der Waals surface area (Å²) in [6.45, 7) is 41.5. The summed E-state index contributed by atoms with van der Waals surface area (Å²) in [6.07, 6.45) is 0. The highest BCUT2D eigenvalue weighted by Crippen LogP contribution is 2.53. The molecule has 0 aliphatic heterocycles. The molecule has 0 saturated carbocycles. The quantitative estimate of drug-likeness (QED) is 0.418. The van der Waals surface area contributed by atoms with Crippen LogP contribution < -0.4 is 0 Å². The van der Waals surface area contributed by atoms with Gasteiger partial charge in [-0.1, -0.05) is 117 Å². The van der Waals surface area contributed by atoms with Gasteiger partial charge in [-0.2, -0.15) is 0 Å². The van der Waals surface area contributed by atoms with Crippen LogP contribution in [0.4, 0.5) is 0 Å². The van der Waals surface area contributed by atoms with Crippen molar-refractivity contribution in [1.82, 2.24) is 0 Å². The summed E-state index contributed by atoms with van der Waals surface area (Å²) in [6, 6.07) is 0. The monoisotopic (exact) mass is 400 g/mol. The largest absolute Gasteiger partial charge is 0.0990 e. The first kappa shape index (κ1) is 24.6. The van der Waals surface area contributed by atoms with Crippen molar-refractivity contribution in [2.75, 3.05) is 0 Å². The van der Waals surface area contributed by atoms with E-state index in [1.807, 2.05) is 4.82 Å². The van der Waals surface area contributed by atoms with Crippen LogP contribution in [-0.4, -0.2) is 32.3 Å². The number of hydrogen-bond donors (Lipinski definition) is 0. The normalized spacial score (nSPS) is 15.5. The van der Waals surface area contributed by atoms with E-state index in [1.54, 1.807) is 0 Å². The van der Waals surface area contributed by atoms with Gasteiger partial charge in [0.25, 0.3) is 0 Å². The van der Waals surface area contributed by atoms with E-state index in [-0.39, 0.29) is 0 Å². The zero-order valence-electron chi connectivity index (χ0n) is 20.0. The summed E-state index contributed by atoms with van der Waals surface area (Å²) in [7, 11) is -5.81. The Morgan fingerprint density at radius 3 is 0.750 bits per heavy atom. The first-order chi connectivity index (χ1) is 9.99. The van der Waals surface area contributed by atoms with Gasteiger partial charge in [0.2, 0.25) is 0 Å². The van der Waals surface area contributed by atoms with Gasteiger partial charge in [-0.15, -0.1) is 0 Å². The third kappa shape index (κ3) is 4.86. The molecule has 0 aromatic carbocycles. The molecule has 0 fully saturated rings. The summed E-state index contributed by atoms with van der Waals surface area (Å²) < 4.78 is 0. The Balaban J connectivity index is 7.33. The van der Waals surface area contributed by atoms with Crippen molar-refractivity contribution in [3.8, 4) is 0 Å². The van der Waals surface area contributed by atoms with E-state index in [2.05, 4.69) is 112 Å². The highest BCUT2D eigenvalue weighted by molar-refractivity contribution is 7.15. The molecule has 0 amide bonds. The van der Waals surface area contributed by atoms with Crippen LogP contribution >= 0.6 is 0 Å². The van der Waals surface area contributed by atoms with Crippen molar-refractivity contribution >= 4 is 32.3 Å². The average molecular weight is 401 g/mol. The summed E-state index contributed by atoms with van der Waals surface area (Å²) in [5.41, 5.74) is 0. The van der Waals surface area contributed by atoms with E-state index in [1.165, 1.54) is 0 Å². The molecule has 0 saturated heterocycles. The summed E-state index contributed by atoms with van der Waals surface area (Å²) in [5, 5.41) is 0.838. The predicted molar refractivity (Wildman–Crippen MR) is 128 cm³/mol. The molecule has 0 N–H and O–H groups in total. The minimum absolute atomic E-state index is 0.419. The van der Waals surface area contributed by atoms with E-state index in [0.717, 1.165) is 0 Å². The van der Waals surface area contributed by atoms with E-state index >= 15 is 0 Å². The number of rotatable bonds is 4. The zero-order chi connectivity index (χ0) is 20.2. The molecule has 144 valence electrons. The SMILES string of the molecule is CC(C)(C)[Si](C)(C)C(=C([Si](C)(C)C)[Si](C)(C)C)[Si](C)(C)C(C)(C)C. The van der Waals surface area contributed by atoms with Crippen LogP contribution in [0.3, 0.4) is 0 Å². The molecule has 0 heterocycles. The van der Waals surface area contributed by atoms with E-state index in [9.17, 15) is 0 Å². The van der Waals surface area contributed by atoms with Crippen molar-refractivity contribution in [2.45, 2.75) is 117 Å². The molecule has 0 aromatic heterocycles. The lowest BCUT2D eigenvalue weighted by Gasteiger charge is -2.54. The van der Waals surface area contributed by atoms with Crippen molar-refractivity contribution in [1.29, 1.82) is 0 Å². The lowest BCUT2D eigenvalue weighted by atomic mass is 10.2. The molecule has 0 rings (SSSR count). The van der Waals surface area contributed by atoms with Gasteiger partial charge >= 0.3 is 0 Å². The Kier molecular flexibility index (Phi) is 6.81. The molecule has 0 radical (unpaired) electrons. The maximum atomic E-state index is 2.68. The van der Waals surface area contributed by atoms with Gasteiger partial charge in [0.1, 0.15) is 0 Å². The van der Waals surface area contributed by atoms with Gasteiger partial charge < -0.3 is 0 Å². The molecule has 0 unspecified atom stereocenters. The molecule has 0 nitrogen and oxygen atoms in total. The average Bonchev–Trinajstić information content (AvgIpc) is 2.17. The lowest BCUT2D eigenvalue weighted by molar-refractivity contribution is 0.713. The molecular formula is C20H48Si4. The van der Waals surface area contributed by atoms with E-state index in [0.29, 0.717) is 10.1 Å². The van der Waals surface area contributed by atoms with Crippen molar-refractivity contribution in [3.05, 3.63) is 9.64 Å². The third-order valence-electron chi connectivity index (χ3n) is 6.75.